The van der Waals surface area contributed by atoms with Crippen LogP contribution in [-0.4, -0.2) is 30.0 Å². The molecule has 3 nitrogen and oxygen atoms in total. The van der Waals surface area contributed by atoms with Crippen LogP contribution in [-0.2, 0) is 4.74 Å². The molecule has 3 unspecified atom stereocenters. The van der Waals surface area contributed by atoms with Gasteiger partial charge in [-0.25, -0.2) is 0 Å². The minimum absolute atomic E-state index is 0.217. The van der Waals surface area contributed by atoms with Gasteiger partial charge in [-0.1, -0.05) is 20.3 Å². The predicted octanol–water partition coefficient (Wildman–Crippen LogP) is 1.68. The standard InChI is InChI=1S/C12H25NO2/c1-3-5-10(9-13)12(14)6-7-15-11(4-2)8-12/h10-11,14H,3-9,13H2,1-2H3. The average Bonchev–Trinajstić information content (AvgIpc) is 2.25. The smallest absolute Gasteiger partial charge is 0.0734 e. The van der Waals surface area contributed by atoms with Gasteiger partial charge in [0.05, 0.1) is 11.7 Å². The lowest BCUT2D eigenvalue weighted by Crippen LogP contribution is -2.48. The van der Waals surface area contributed by atoms with E-state index in [-0.39, 0.29) is 12.0 Å². The van der Waals surface area contributed by atoms with Gasteiger partial charge >= 0.3 is 0 Å². The number of hydrogen-bond acceptors (Lipinski definition) is 3. The van der Waals surface area contributed by atoms with Gasteiger partial charge in [0, 0.05) is 18.9 Å². The highest BCUT2D eigenvalue weighted by Crippen LogP contribution is 2.34. The monoisotopic (exact) mass is 215 g/mol. The van der Waals surface area contributed by atoms with E-state index in [1.807, 2.05) is 0 Å². The van der Waals surface area contributed by atoms with E-state index in [2.05, 4.69) is 13.8 Å². The largest absolute Gasteiger partial charge is 0.389 e. The number of aliphatic hydroxyl groups is 1. The molecule has 3 heteroatoms. The van der Waals surface area contributed by atoms with Crippen LogP contribution in [0.1, 0.15) is 46.0 Å². The summed E-state index contributed by atoms with van der Waals surface area (Å²) in [4.78, 5) is 0. The summed E-state index contributed by atoms with van der Waals surface area (Å²) >= 11 is 0. The van der Waals surface area contributed by atoms with Crippen molar-refractivity contribution in [2.45, 2.75) is 57.7 Å². The Bertz CT molecular complexity index is 186. The average molecular weight is 215 g/mol. The maximum absolute atomic E-state index is 10.6. The molecule has 0 saturated carbocycles. The molecule has 0 amide bonds. The molecule has 3 atom stereocenters. The zero-order valence-corrected chi connectivity index (χ0v) is 10.0. The van der Waals surface area contributed by atoms with Crippen molar-refractivity contribution in [1.29, 1.82) is 0 Å². The van der Waals surface area contributed by atoms with Crippen molar-refractivity contribution in [2.75, 3.05) is 13.2 Å². The van der Waals surface area contributed by atoms with E-state index < -0.39 is 5.60 Å². The summed E-state index contributed by atoms with van der Waals surface area (Å²) in [6.07, 6.45) is 4.79. The summed E-state index contributed by atoms with van der Waals surface area (Å²) < 4.78 is 5.59. The number of ether oxygens (including phenoxy) is 1. The maximum Gasteiger partial charge on any atom is 0.0734 e. The molecule has 1 aliphatic rings. The fourth-order valence-corrected chi connectivity index (χ4v) is 2.54. The highest BCUT2D eigenvalue weighted by atomic mass is 16.5. The van der Waals surface area contributed by atoms with Gasteiger partial charge in [0.25, 0.3) is 0 Å². The summed E-state index contributed by atoms with van der Waals surface area (Å²) in [5.74, 6) is 0.237. The quantitative estimate of drug-likeness (QED) is 0.733. The Hall–Kier alpha value is -0.120. The Balaban J connectivity index is 2.61. The van der Waals surface area contributed by atoms with Crippen molar-refractivity contribution in [3.8, 4) is 0 Å². The summed E-state index contributed by atoms with van der Waals surface area (Å²) in [6, 6.07) is 0. The molecule has 0 aliphatic carbocycles. The predicted molar refractivity (Wildman–Crippen MR) is 61.7 cm³/mol. The third-order valence-electron chi connectivity index (χ3n) is 3.61. The van der Waals surface area contributed by atoms with Crippen molar-refractivity contribution in [1.82, 2.24) is 0 Å². The van der Waals surface area contributed by atoms with Crippen molar-refractivity contribution >= 4 is 0 Å². The van der Waals surface area contributed by atoms with Gasteiger partial charge in [0.1, 0.15) is 0 Å². The minimum Gasteiger partial charge on any atom is -0.389 e. The third-order valence-corrected chi connectivity index (χ3v) is 3.61. The number of nitrogens with two attached hydrogens (primary N) is 1. The first-order valence-electron chi connectivity index (χ1n) is 6.20. The normalized spacial score (nSPS) is 34.0. The Morgan fingerprint density at radius 2 is 2.27 bits per heavy atom. The highest BCUT2D eigenvalue weighted by Gasteiger charge is 2.39. The maximum atomic E-state index is 10.6. The van der Waals surface area contributed by atoms with Crippen LogP contribution in [0.3, 0.4) is 0 Å². The van der Waals surface area contributed by atoms with Crippen LogP contribution in [0, 0.1) is 5.92 Å². The van der Waals surface area contributed by atoms with E-state index in [0.717, 1.165) is 32.1 Å². The van der Waals surface area contributed by atoms with E-state index >= 15 is 0 Å². The number of rotatable bonds is 5. The molecule has 1 rings (SSSR count). The molecular weight excluding hydrogens is 190 g/mol. The lowest BCUT2D eigenvalue weighted by Gasteiger charge is -2.42. The van der Waals surface area contributed by atoms with Gasteiger partial charge in [-0.2, -0.15) is 0 Å². The minimum atomic E-state index is -0.580. The Morgan fingerprint density at radius 1 is 1.53 bits per heavy atom. The van der Waals surface area contributed by atoms with E-state index in [1.54, 1.807) is 0 Å². The van der Waals surface area contributed by atoms with Crippen molar-refractivity contribution in [2.24, 2.45) is 11.7 Å². The fourth-order valence-electron chi connectivity index (χ4n) is 2.54. The fraction of sp³-hybridized carbons (Fsp3) is 1.00. The molecule has 1 aliphatic heterocycles. The van der Waals surface area contributed by atoms with Crippen molar-refractivity contribution < 1.29 is 9.84 Å². The van der Waals surface area contributed by atoms with Crippen LogP contribution in [0.25, 0.3) is 0 Å². The summed E-state index contributed by atoms with van der Waals surface area (Å²) in [7, 11) is 0. The van der Waals surface area contributed by atoms with Crippen LogP contribution in [0.2, 0.25) is 0 Å². The molecule has 90 valence electrons. The molecule has 0 radical (unpaired) electrons. The molecule has 15 heavy (non-hydrogen) atoms. The molecular formula is C12H25NO2. The molecule has 0 aromatic rings. The summed E-state index contributed by atoms with van der Waals surface area (Å²) in [5, 5.41) is 10.6. The first-order chi connectivity index (χ1) is 7.16. The van der Waals surface area contributed by atoms with Crippen LogP contribution < -0.4 is 5.73 Å². The topological polar surface area (TPSA) is 55.5 Å². The van der Waals surface area contributed by atoms with Crippen LogP contribution in [0.15, 0.2) is 0 Å². The Labute approximate surface area is 93.0 Å². The molecule has 3 N–H and O–H groups in total. The second-order valence-electron chi connectivity index (χ2n) is 4.68. The van der Waals surface area contributed by atoms with Gasteiger partial charge in [0.2, 0.25) is 0 Å². The molecule has 1 heterocycles. The van der Waals surface area contributed by atoms with Crippen molar-refractivity contribution in [3.05, 3.63) is 0 Å². The van der Waals surface area contributed by atoms with Gasteiger partial charge in [-0.3, -0.25) is 0 Å². The van der Waals surface area contributed by atoms with Gasteiger partial charge < -0.3 is 15.6 Å². The molecule has 0 bridgehead atoms. The molecule has 0 aromatic carbocycles. The van der Waals surface area contributed by atoms with Crippen molar-refractivity contribution in [3.63, 3.8) is 0 Å². The zero-order chi connectivity index (χ0) is 11.3. The first-order valence-corrected chi connectivity index (χ1v) is 6.20. The van der Waals surface area contributed by atoms with E-state index in [0.29, 0.717) is 13.2 Å². The van der Waals surface area contributed by atoms with Gasteiger partial charge in [0.15, 0.2) is 0 Å². The zero-order valence-electron chi connectivity index (χ0n) is 10.0. The van der Waals surface area contributed by atoms with Gasteiger partial charge in [-0.15, -0.1) is 0 Å². The van der Waals surface area contributed by atoms with Gasteiger partial charge in [-0.05, 0) is 25.8 Å². The Kier molecular flexibility index (Phi) is 5.03. The highest BCUT2D eigenvalue weighted by molar-refractivity contribution is 4.91. The lowest BCUT2D eigenvalue weighted by molar-refractivity contribution is -0.131. The second kappa shape index (κ2) is 5.83. The van der Waals surface area contributed by atoms with Crippen LogP contribution in [0.5, 0.6) is 0 Å². The van der Waals surface area contributed by atoms with E-state index in [4.69, 9.17) is 10.5 Å². The first kappa shape index (κ1) is 12.9. The summed E-state index contributed by atoms with van der Waals surface area (Å²) in [5.41, 5.74) is 5.18. The second-order valence-corrected chi connectivity index (χ2v) is 4.68. The van der Waals surface area contributed by atoms with E-state index in [1.165, 1.54) is 0 Å². The van der Waals surface area contributed by atoms with E-state index in [9.17, 15) is 5.11 Å². The third kappa shape index (κ3) is 3.16. The summed E-state index contributed by atoms with van der Waals surface area (Å²) in [6.45, 7) is 5.51. The number of hydrogen-bond donors (Lipinski definition) is 2. The lowest BCUT2D eigenvalue weighted by atomic mass is 9.76. The molecule has 0 aromatic heterocycles. The Morgan fingerprint density at radius 3 is 2.80 bits per heavy atom. The SMILES string of the molecule is CCCC(CN)C1(O)CCOC(CC)C1. The van der Waals surface area contributed by atoms with Crippen LogP contribution >= 0.6 is 0 Å². The molecule has 1 saturated heterocycles. The molecule has 1 fully saturated rings. The van der Waals surface area contributed by atoms with Crippen LogP contribution in [0.4, 0.5) is 0 Å². The molecule has 0 spiro atoms.